The summed E-state index contributed by atoms with van der Waals surface area (Å²) in [5.41, 5.74) is 1.11. The lowest BCUT2D eigenvalue weighted by Gasteiger charge is -2.30. The molecule has 1 aliphatic rings. The number of rotatable bonds is 6. The van der Waals surface area contributed by atoms with Gasteiger partial charge in [0.05, 0.1) is 12.1 Å². The number of nitrogens with zero attached hydrogens (tertiary/aromatic N) is 1. The number of hydrogen-bond acceptors (Lipinski definition) is 6. The Balaban J connectivity index is 1.52. The first kappa shape index (κ1) is 21.5. The summed E-state index contributed by atoms with van der Waals surface area (Å²) in [4.78, 5) is 17.2. The monoisotopic (exact) mass is 445 g/mol. The summed E-state index contributed by atoms with van der Waals surface area (Å²) >= 11 is 0. The van der Waals surface area contributed by atoms with Crippen molar-refractivity contribution in [1.29, 1.82) is 0 Å². The molecule has 0 radical (unpaired) electrons. The summed E-state index contributed by atoms with van der Waals surface area (Å²) in [5, 5.41) is 11.1. The van der Waals surface area contributed by atoms with Crippen LogP contribution < -0.4 is 14.9 Å². The maximum absolute atomic E-state index is 12.8. The third-order valence-electron chi connectivity index (χ3n) is 6.48. The molecule has 0 amide bonds. The normalized spacial score (nSPS) is 18.5. The highest BCUT2D eigenvalue weighted by atomic mass is 16.5. The molecule has 0 saturated heterocycles. The first-order valence-corrected chi connectivity index (χ1v) is 11.5. The van der Waals surface area contributed by atoms with Crippen LogP contribution in [0.2, 0.25) is 0 Å². The SMILES string of the molecule is Cc1cc(=O)c2c(OCC3CCCCC3CO)cc(Oc3ccnc4ccccc34)cc2o1. The van der Waals surface area contributed by atoms with Crippen molar-refractivity contribution in [2.75, 3.05) is 13.2 Å². The van der Waals surface area contributed by atoms with Crippen LogP contribution in [0, 0.1) is 18.8 Å². The van der Waals surface area contributed by atoms with Gasteiger partial charge in [0, 0.05) is 36.4 Å². The topological polar surface area (TPSA) is 81.8 Å². The Hall–Kier alpha value is -3.38. The minimum Gasteiger partial charge on any atom is -0.492 e. The van der Waals surface area contributed by atoms with Crippen molar-refractivity contribution in [2.24, 2.45) is 11.8 Å². The zero-order chi connectivity index (χ0) is 22.8. The van der Waals surface area contributed by atoms with Crippen LogP contribution in [0.4, 0.5) is 0 Å². The summed E-state index contributed by atoms with van der Waals surface area (Å²) < 4.78 is 18.3. The average Bonchev–Trinajstić information content (AvgIpc) is 2.82. The van der Waals surface area contributed by atoms with Crippen LogP contribution in [0.5, 0.6) is 17.2 Å². The van der Waals surface area contributed by atoms with Gasteiger partial charge in [0.2, 0.25) is 0 Å². The molecule has 1 N–H and O–H groups in total. The number of hydrogen-bond donors (Lipinski definition) is 1. The fourth-order valence-corrected chi connectivity index (χ4v) is 4.75. The van der Waals surface area contributed by atoms with Gasteiger partial charge >= 0.3 is 0 Å². The molecule has 1 fully saturated rings. The maximum atomic E-state index is 12.8. The summed E-state index contributed by atoms with van der Waals surface area (Å²) in [6, 6.07) is 14.5. The van der Waals surface area contributed by atoms with Crippen molar-refractivity contribution in [3.8, 4) is 17.2 Å². The van der Waals surface area contributed by atoms with Crippen molar-refractivity contribution in [2.45, 2.75) is 32.6 Å². The van der Waals surface area contributed by atoms with Gasteiger partial charge in [-0.15, -0.1) is 0 Å². The molecule has 0 aliphatic heterocycles. The molecule has 5 rings (SSSR count). The highest BCUT2D eigenvalue weighted by Gasteiger charge is 2.25. The Morgan fingerprint density at radius 1 is 1.06 bits per heavy atom. The van der Waals surface area contributed by atoms with Crippen LogP contribution in [-0.4, -0.2) is 23.3 Å². The number of para-hydroxylation sites is 1. The number of benzene rings is 2. The van der Waals surface area contributed by atoms with Crippen molar-refractivity contribution < 1.29 is 19.0 Å². The fraction of sp³-hybridized carbons (Fsp3) is 0.333. The van der Waals surface area contributed by atoms with Crippen molar-refractivity contribution in [3.05, 3.63) is 70.7 Å². The quantitative estimate of drug-likeness (QED) is 0.415. The van der Waals surface area contributed by atoms with E-state index < -0.39 is 0 Å². The van der Waals surface area contributed by atoms with Crippen LogP contribution >= 0.6 is 0 Å². The van der Waals surface area contributed by atoms with Crippen molar-refractivity contribution in [3.63, 3.8) is 0 Å². The van der Waals surface area contributed by atoms with Gasteiger partial charge < -0.3 is 19.0 Å². The van der Waals surface area contributed by atoms with E-state index in [1.54, 1.807) is 25.3 Å². The second-order valence-electron chi connectivity index (χ2n) is 8.74. The minimum absolute atomic E-state index is 0.146. The molecule has 33 heavy (non-hydrogen) atoms. The molecule has 2 aromatic heterocycles. The number of aromatic nitrogens is 1. The minimum atomic E-state index is -0.146. The van der Waals surface area contributed by atoms with Crippen molar-refractivity contribution >= 4 is 21.9 Å². The van der Waals surface area contributed by atoms with Crippen LogP contribution in [0.3, 0.4) is 0 Å². The Morgan fingerprint density at radius 2 is 1.88 bits per heavy atom. The summed E-state index contributed by atoms with van der Waals surface area (Å²) in [5.74, 6) is 2.63. The largest absolute Gasteiger partial charge is 0.492 e. The van der Waals surface area contributed by atoms with Crippen LogP contribution in [0.15, 0.2) is 63.9 Å². The number of aliphatic hydroxyl groups excluding tert-OH is 1. The van der Waals surface area contributed by atoms with Gasteiger partial charge in [-0.3, -0.25) is 9.78 Å². The van der Waals surface area contributed by atoms with Crippen molar-refractivity contribution in [1.82, 2.24) is 4.98 Å². The Morgan fingerprint density at radius 3 is 2.73 bits per heavy atom. The molecule has 0 spiro atoms. The van der Waals surface area contributed by atoms with E-state index >= 15 is 0 Å². The molecule has 2 aromatic carbocycles. The number of aryl methyl sites for hydroxylation is 1. The van der Waals surface area contributed by atoms with Gasteiger partial charge in [-0.2, -0.15) is 0 Å². The van der Waals surface area contributed by atoms with E-state index in [-0.39, 0.29) is 23.9 Å². The third kappa shape index (κ3) is 4.44. The first-order valence-electron chi connectivity index (χ1n) is 11.5. The van der Waals surface area contributed by atoms with Crippen LogP contribution in [0.1, 0.15) is 31.4 Å². The molecule has 4 aromatic rings. The molecule has 6 nitrogen and oxygen atoms in total. The summed E-state index contributed by atoms with van der Waals surface area (Å²) in [6.07, 6.45) is 5.99. The second-order valence-corrected chi connectivity index (χ2v) is 8.74. The molecular formula is C27H27NO5. The highest BCUT2D eigenvalue weighted by molar-refractivity contribution is 5.87. The second kappa shape index (κ2) is 9.24. The van der Waals surface area contributed by atoms with E-state index in [0.29, 0.717) is 40.6 Å². The fourth-order valence-electron chi connectivity index (χ4n) is 4.75. The van der Waals surface area contributed by atoms with E-state index in [2.05, 4.69) is 4.98 Å². The standard InChI is InChI=1S/C27H27NO5/c1-17-12-23(30)27-25(31-16-19-7-3-2-6-18(19)15-29)13-20(14-26(27)32-17)33-24-10-11-28-22-9-5-4-8-21(22)24/h4-5,8-14,18-19,29H,2-3,6-7,15-16H2,1H3. The van der Waals surface area contributed by atoms with Gasteiger partial charge in [-0.05, 0) is 49.8 Å². The smallest absolute Gasteiger partial charge is 0.196 e. The third-order valence-corrected chi connectivity index (χ3v) is 6.48. The van der Waals surface area contributed by atoms with Crippen LogP contribution in [-0.2, 0) is 0 Å². The first-order chi connectivity index (χ1) is 16.1. The zero-order valence-electron chi connectivity index (χ0n) is 18.6. The molecule has 2 unspecified atom stereocenters. The van der Waals surface area contributed by atoms with E-state index in [1.807, 2.05) is 30.3 Å². The molecule has 2 heterocycles. The molecule has 170 valence electrons. The molecular weight excluding hydrogens is 418 g/mol. The number of aliphatic hydroxyl groups is 1. The maximum Gasteiger partial charge on any atom is 0.196 e. The van der Waals surface area contributed by atoms with Gasteiger partial charge in [0.25, 0.3) is 0 Å². The van der Waals surface area contributed by atoms with E-state index in [1.165, 1.54) is 6.07 Å². The zero-order valence-corrected chi connectivity index (χ0v) is 18.6. The summed E-state index contributed by atoms with van der Waals surface area (Å²) in [6.45, 7) is 2.35. The molecule has 1 saturated carbocycles. The van der Waals surface area contributed by atoms with E-state index in [9.17, 15) is 9.90 Å². The summed E-state index contributed by atoms with van der Waals surface area (Å²) in [7, 11) is 0. The Bertz CT molecular complexity index is 1340. The predicted octanol–water partition coefficient (Wildman–Crippen LogP) is 5.62. The average molecular weight is 446 g/mol. The van der Waals surface area contributed by atoms with Gasteiger partial charge in [0.1, 0.15) is 34.0 Å². The molecule has 2 atom stereocenters. The molecule has 0 bridgehead atoms. The van der Waals surface area contributed by atoms with Crippen LogP contribution in [0.25, 0.3) is 21.9 Å². The van der Waals surface area contributed by atoms with E-state index in [4.69, 9.17) is 13.9 Å². The lowest BCUT2D eigenvalue weighted by molar-refractivity contribution is 0.0960. The number of ether oxygens (including phenoxy) is 2. The van der Waals surface area contributed by atoms with Gasteiger partial charge in [-0.1, -0.05) is 25.0 Å². The number of pyridine rings is 1. The van der Waals surface area contributed by atoms with Gasteiger partial charge in [0.15, 0.2) is 5.43 Å². The Kier molecular flexibility index (Phi) is 6.01. The number of fused-ring (bicyclic) bond motifs is 2. The van der Waals surface area contributed by atoms with E-state index in [0.717, 1.165) is 36.6 Å². The Labute approximate surface area is 191 Å². The molecule has 1 aliphatic carbocycles. The lowest BCUT2D eigenvalue weighted by Crippen LogP contribution is -2.28. The molecule has 6 heteroatoms. The van der Waals surface area contributed by atoms with Gasteiger partial charge in [-0.25, -0.2) is 0 Å². The predicted molar refractivity (Wildman–Crippen MR) is 127 cm³/mol. The highest BCUT2D eigenvalue weighted by Crippen LogP contribution is 2.36. The lowest BCUT2D eigenvalue weighted by atomic mass is 9.80.